The highest BCUT2D eigenvalue weighted by Crippen LogP contribution is 2.11. The van der Waals surface area contributed by atoms with Crippen molar-refractivity contribution in [3.63, 3.8) is 0 Å². The van der Waals surface area contributed by atoms with Gasteiger partial charge in [-0.15, -0.1) is 0 Å². The number of halogens is 2. The van der Waals surface area contributed by atoms with E-state index in [0.717, 1.165) is 12.3 Å². The number of anilines is 1. The van der Waals surface area contributed by atoms with Gasteiger partial charge in [-0.1, -0.05) is 0 Å². The Morgan fingerprint density at radius 3 is 2.82 bits per heavy atom. The molecule has 2 rings (SSSR count). The first kappa shape index (κ1) is 11.4. The van der Waals surface area contributed by atoms with Crippen molar-refractivity contribution in [3.8, 4) is 0 Å². The number of pyridine rings is 1. The third-order valence-electron chi connectivity index (χ3n) is 2.08. The molecule has 88 valence electrons. The number of aromatic nitrogens is 3. The van der Waals surface area contributed by atoms with Gasteiger partial charge in [0.15, 0.2) is 11.6 Å². The van der Waals surface area contributed by atoms with Crippen molar-refractivity contribution in [1.82, 2.24) is 15.0 Å². The molecule has 6 heteroatoms. The monoisotopic (exact) mass is 236 g/mol. The van der Waals surface area contributed by atoms with E-state index in [9.17, 15) is 8.78 Å². The summed E-state index contributed by atoms with van der Waals surface area (Å²) in [7, 11) is 0. The van der Waals surface area contributed by atoms with Gasteiger partial charge in [0.25, 0.3) is 0 Å². The predicted molar refractivity (Wildman–Crippen MR) is 58.2 cm³/mol. The minimum Gasteiger partial charge on any atom is -0.362 e. The average molecular weight is 236 g/mol. The topological polar surface area (TPSA) is 50.7 Å². The van der Waals surface area contributed by atoms with E-state index in [1.807, 2.05) is 0 Å². The van der Waals surface area contributed by atoms with Gasteiger partial charge < -0.3 is 5.32 Å². The van der Waals surface area contributed by atoms with Gasteiger partial charge >= 0.3 is 0 Å². The summed E-state index contributed by atoms with van der Waals surface area (Å²) in [5.41, 5.74) is 0.711. The second-order valence-electron chi connectivity index (χ2n) is 3.43. The van der Waals surface area contributed by atoms with Crippen LogP contribution in [0.1, 0.15) is 11.5 Å². The molecule has 17 heavy (non-hydrogen) atoms. The van der Waals surface area contributed by atoms with Crippen LogP contribution in [0.2, 0.25) is 0 Å². The fourth-order valence-corrected chi connectivity index (χ4v) is 1.32. The summed E-state index contributed by atoms with van der Waals surface area (Å²) < 4.78 is 25.8. The van der Waals surface area contributed by atoms with E-state index in [1.54, 1.807) is 19.2 Å². The van der Waals surface area contributed by atoms with Crippen LogP contribution in [-0.4, -0.2) is 15.0 Å². The van der Waals surface area contributed by atoms with Crippen molar-refractivity contribution in [2.24, 2.45) is 0 Å². The first-order valence-corrected chi connectivity index (χ1v) is 4.98. The van der Waals surface area contributed by atoms with Gasteiger partial charge in [0.05, 0.1) is 18.4 Å². The molecule has 0 atom stereocenters. The van der Waals surface area contributed by atoms with Crippen LogP contribution in [0, 0.1) is 18.6 Å². The van der Waals surface area contributed by atoms with E-state index in [4.69, 9.17) is 0 Å². The molecule has 0 saturated carbocycles. The highest BCUT2D eigenvalue weighted by molar-refractivity contribution is 5.36. The summed E-state index contributed by atoms with van der Waals surface area (Å²) >= 11 is 0. The molecule has 2 heterocycles. The fraction of sp³-hybridized carbons (Fsp3) is 0.182. The van der Waals surface area contributed by atoms with Crippen molar-refractivity contribution in [2.45, 2.75) is 13.5 Å². The van der Waals surface area contributed by atoms with Crippen molar-refractivity contribution in [3.05, 3.63) is 47.7 Å². The van der Waals surface area contributed by atoms with Gasteiger partial charge in [-0.3, -0.25) is 0 Å². The highest BCUT2D eigenvalue weighted by atomic mass is 19.1. The Bertz CT molecular complexity index is 531. The number of nitrogens with one attached hydrogen (secondary N) is 1. The molecular formula is C11H10F2N4. The zero-order valence-electron chi connectivity index (χ0n) is 9.11. The summed E-state index contributed by atoms with van der Waals surface area (Å²) in [4.78, 5) is 11.7. The fourth-order valence-electron chi connectivity index (χ4n) is 1.32. The van der Waals surface area contributed by atoms with Gasteiger partial charge in [0.2, 0.25) is 0 Å². The first-order chi connectivity index (χ1) is 8.15. The van der Waals surface area contributed by atoms with Crippen molar-refractivity contribution >= 4 is 5.82 Å². The molecule has 0 bridgehead atoms. The van der Waals surface area contributed by atoms with Crippen LogP contribution in [0.15, 0.2) is 24.5 Å². The maximum atomic E-state index is 13.2. The van der Waals surface area contributed by atoms with Crippen LogP contribution >= 0.6 is 0 Å². The Morgan fingerprint density at radius 2 is 2.12 bits per heavy atom. The second kappa shape index (κ2) is 4.82. The van der Waals surface area contributed by atoms with Gasteiger partial charge in [-0.2, -0.15) is 0 Å². The Labute approximate surface area is 96.8 Å². The smallest absolute Gasteiger partial charge is 0.168 e. The minimum absolute atomic E-state index is 0.00247. The lowest BCUT2D eigenvalue weighted by molar-refractivity contribution is 0.575. The molecule has 0 saturated heterocycles. The number of nitrogens with zero attached hydrogens (tertiary/aromatic N) is 3. The van der Waals surface area contributed by atoms with E-state index in [2.05, 4.69) is 20.3 Å². The molecule has 0 unspecified atom stereocenters. The van der Waals surface area contributed by atoms with Crippen LogP contribution in [0.25, 0.3) is 0 Å². The Kier molecular flexibility index (Phi) is 3.22. The van der Waals surface area contributed by atoms with Crippen molar-refractivity contribution in [2.75, 3.05) is 5.32 Å². The molecule has 1 N–H and O–H groups in total. The zero-order valence-corrected chi connectivity index (χ0v) is 9.11. The minimum atomic E-state index is -0.726. The van der Waals surface area contributed by atoms with Gasteiger partial charge in [0.1, 0.15) is 11.6 Å². The maximum Gasteiger partial charge on any atom is 0.168 e. The molecule has 0 aromatic carbocycles. The third-order valence-corrected chi connectivity index (χ3v) is 2.08. The van der Waals surface area contributed by atoms with Crippen LogP contribution < -0.4 is 5.32 Å². The van der Waals surface area contributed by atoms with E-state index < -0.39 is 11.6 Å². The van der Waals surface area contributed by atoms with E-state index in [-0.39, 0.29) is 5.82 Å². The molecule has 0 aliphatic carbocycles. The van der Waals surface area contributed by atoms with Gasteiger partial charge in [-0.25, -0.2) is 23.7 Å². The summed E-state index contributed by atoms with van der Waals surface area (Å²) in [5.74, 6) is -0.791. The summed E-state index contributed by atoms with van der Waals surface area (Å²) in [5, 5.41) is 2.74. The van der Waals surface area contributed by atoms with Crippen molar-refractivity contribution < 1.29 is 8.78 Å². The maximum absolute atomic E-state index is 13.2. The Morgan fingerprint density at radius 1 is 1.29 bits per heavy atom. The molecule has 0 spiro atoms. The summed E-state index contributed by atoms with van der Waals surface area (Å²) in [6.45, 7) is 2.07. The molecule has 2 aromatic heterocycles. The Balaban J connectivity index is 2.07. The lowest BCUT2D eigenvalue weighted by atomic mass is 10.3. The summed E-state index contributed by atoms with van der Waals surface area (Å²) in [6.07, 6.45) is 2.57. The number of rotatable bonds is 3. The molecule has 4 nitrogen and oxygen atoms in total. The normalized spacial score (nSPS) is 10.3. The second-order valence-corrected chi connectivity index (χ2v) is 3.43. The quantitative estimate of drug-likeness (QED) is 0.886. The van der Waals surface area contributed by atoms with Gasteiger partial charge in [-0.05, 0) is 13.0 Å². The third kappa shape index (κ3) is 2.93. The SMILES string of the molecule is Cc1nccc(CNc2ncc(F)cc2F)n1. The average Bonchev–Trinajstić information content (AvgIpc) is 2.28. The van der Waals surface area contributed by atoms with E-state index >= 15 is 0 Å². The van der Waals surface area contributed by atoms with Crippen LogP contribution in [0.4, 0.5) is 14.6 Å². The highest BCUT2D eigenvalue weighted by Gasteiger charge is 2.05. The molecule has 2 aromatic rings. The van der Waals surface area contributed by atoms with Crippen LogP contribution in [0.3, 0.4) is 0 Å². The van der Waals surface area contributed by atoms with Crippen LogP contribution in [-0.2, 0) is 6.54 Å². The number of hydrogen-bond acceptors (Lipinski definition) is 4. The standard InChI is InChI=1S/C11H10F2N4/c1-7-14-3-2-9(17-7)6-16-11-10(13)4-8(12)5-15-11/h2-5H,6H2,1H3,(H,15,16). The predicted octanol–water partition coefficient (Wildman–Crippen LogP) is 2.07. The lowest BCUT2D eigenvalue weighted by Crippen LogP contribution is -2.06. The molecule has 0 radical (unpaired) electrons. The first-order valence-electron chi connectivity index (χ1n) is 4.98. The number of hydrogen-bond donors (Lipinski definition) is 1. The van der Waals surface area contributed by atoms with Crippen LogP contribution in [0.5, 0.6) is 0 Å². The molecule has 0 fully saturated rings. The van der Waals surface area contributed by atoms with Crippen molar-refractivity contribution in [1.29, 1.82) is 0 Å². The molecule has 0 aliphatic rings. The Hall–Kier alpha value is -2.11. The molecule has 0 aliphatic heterocycles. The zero-order chi connectivity index (χ0) is 12.3. The summed E-state index contributed by atoms with van der Waals surface area (Å²) in [6, 6.07) is 2.49. The number of aryl methyl sites for hydroxylation is 1. The molecular weight excluding hydrogens is 226 g/mol. The molecule has 0 amide bonds. The van der Waals surface area contributed by atoms with Gasteiger partial charge in [0, 0.05) is 12.3 Å². The largest absolute Gasteiger partial charge is 0.362 e. The lowest BCUT2D eigenvalue weighted by Gasteiger charge is -2.06. The van der Waals surface area contributed by atoms with E-state index in [0.29, 0.717) is 18.1 Å². The van der Waals surface area contributed by atoms with E-state index in [1.165, 1.54) is 0 Å².